The molecular formula is C20H23Cl2N5O2S. The molecule has 0 spiro atoms. The smallest absolute Gasteiger partial charge is 0.252 e. The van der Waals surface area contributed by atoms with E-state index in [2.05, 4.69) is 26.0 Å². The van der Waals surface area contributed by atoms with Gasteiger partial charge in [0.15, 0.2) is 5.11 Å². The zero-order chi connectivity index (χ0) is 21.5. The molecule has 1 heterocycles. The SMILES string of the molecule is COc1ccccc1N1CCN(CC(=O)NNC(=S)Nc2ccc(Cl)cc2Cl)CC1. The summed E-state index contributed by atoms with van der Waals surface area (Å²) in [6.07, 6.45) is 0. The first kappa shape index (κ1) is 22.4. The van der Waals surface area contributed by atoms with Gasteiger partial charge >= 0.3 is 0 Å². The Balaban J connectivity index is 1.41. The van der Waals surface area contributed by atoms with Crippen molar-refractivity contribution in [3.63, 3.8) is 0 Å². The summed E-state index contributed by atoms with van der Waals surface area (Å²) in [6.45, 7) is 3.45. The number of carbonyl (C=O) groups is 1. The van der Waals surface area contributed by atoms with Gasteiger partial charge < -0.3 is 15.0 Å². The molecule has 2 aromatic rings. The van der Waals surface area contributed by atoms with Gasteiger partial charge in [0.25, 0.3) is 5.91 Å². The maximum atomic E-state index is 12.3. The van der Waals surface area contributed by atoms with E-state index in [9.17, 15) is 4.79 Å². The van der Waals surface area contributed by atoms with Gasteiger partial charge in [-0.25, -0.2) is 0 Å². The van der Waals surface area contributed by atoms with E-state index in [0.29, 0.717) is 15.7 Å². The first-order valence-electron chi connectivity index (χ1n) is 9.37. The van der Waals surface area contributed by atoms with Gasteiger partial charge in [-0.1, -0.05) is 35.3 Å². The van der Waals surface area contributed by atoms with Crippen molar-refractivity contribution in [2.24, 2.45) is 0 Å². The van der Waals surface area contributed by atoms with Gasteiger partial charge in [-0.05, 0) is 42.5 Å². The molecule has 7 nitrogen and oxygen atoms in total. The molecule has 3 N–H and O–H groups in total. The molecule has 0 saturated carbocycles. The lowest BCUT2D eigenvalue weighted by Gasteiger charge is -2.36. The fourth-order valence-electron chi connectivity index (χ4n) is 3.15. The zero-order valence-corrected chi connectivity index (χ0v) is 18.8. The van der Waals surface area contributed by atoms with Crippen molar-refractivity contribution in [3.8, 4) is 5.75 Å². The molecule has 0 bridgehead atoms. The first-order valence-corrected chi connectivity index (χ1v) is 10.5. The number of amides is 1. The lowest BCUT2D eigenvalue weighted by atomic mass is 10.2. The largest absolute Gasteiger partial charge is 0.495 e. The number of benzene rings is 2. The van der Waals surface area contributed by atoms with Crippen LogP contribution in [0.5, 0.6) is 5.75 Å². The highest BCUT2D eigenvalue weighted by Crippen LogP contribution is 2.28. The Kier molecular flexibility index (Phi) is 7.98. The van der Waals surface area contributed by atoms with Crippen molar-refractivity contribution < 1.29 is 9.53 Å². The van der Waals surface area contributed by atoms with Crippen LogP contribution in [-0.4, -0.2) is 55.8 Å². The summed E-state index contributed by atoms with van der Waals surface area (Å²) in [4.78, 5) is 16.6. The summed E-state index contributed by atoms with van der Waals surface area (Å²) < 4.78 is 5.44. The summed E-state index contributed by atoms with van der Waals surface area (Å²) in [5, 5.41) is 4.11. The van der Waals surface area contributed by atoms with E-state index in [-0.39, 0.29) is 17.6 Å². The molecule has 30 heavy (non-hydrogen) atoms. The topological polar surface area (TPSA) is 68.9 Å². The van der Waals surface area contributed by atoms with Crippen molar-refractivity contribution >= 4 is 57.8 Å². The average Bonchev–Trinajstić information content (AvgIpc) is 2.75. The standard InChI is InChI=1S/C20H23Cl2N5O2S/c1-29-18-5-3-2-4-17(18)27-10-8-26(9-11-27)13-19(28)24-25-20(30)23-16-7-6-14(21)12-15(16)22/h2-7,12H,8-11,13H2,1H3,(H,24,28)(H2,23,25,30). The monoisotopic (exact) mass is 467 g/mol. The van der Waals surface area contributed by atoms with Crippen LogP contribution in [-0.2, 0) is 4.79 Å². The number of halogens is 2. The molecule has 3 rings (SSSR count). The van der Waals surface area contributed by atoms with Crippen molar-refractivity contribution in [2.45, 2.75) is 0 Å². The third-order valence-electron chi connectivity index (χ3n) is 4.66. The summed E-state index contributed by atoms with van der Waals surface area (Å²) in [7, 11) is 1.67. The highest BCUT2D eigenvalue weighted by molar-refractivity contribution is 7.80. The minimum absolute atomic E-state index is 0.174. The number of thiocarbonyl (C=S) groups is 1. The summed E-state index contributed by atoms with van der Waals surface area (Å²) in [5.41, 5.74) is 6.96. The Bertz CT molecular complexity index is 907. The number of nitrogens with zero attached hydrogens (tertiary/aromatic N) is 2. The van der Waals surface area contributed by atoms with Crippen LogP contribution in [0.1, 0.15) is 0 Å². The molecule has 1 aliphatic heterocycles. The van der Waals surface area contributed by atoms with Gasteiger partial charge in [-0.2, -0.15) is 0 Å². The molecule has 0 aromatic heterocycles. The molecule has 1 amide bonds. The van der Waals surface area contributed by atoms with E-state index in [1.54, 1.807) is 25.3 Å². The highest BCUT2D eigenvalue weighted by Gasteiger charge is 2.21. The van der Waals surface area contributed by atoms with Crippen LogP contribution in [0.4, 0.5) is 11.4 Å². The molecule has 2 aromatic carbocycles. The summed E-state index contributed by atoms with van der Waals surface area (Å²) >= 11 is 17.2. The molecule has 1 aliphatic rings. The van der Waals surface area contributed by atoms with Crippen molar-refractivity contribution in [1.29, 1.82) is 0 Å². The number of hydrazine groups is 1. The third-order valence-corrected chi connectivity index (χ3v) is 5.41. The van der Waals surface area contributed by atoms with E-state index in [1.807, 2.05) is 24.3 Å². The van der Waals surface area contributed by atoms with Crippen LogP contribution >= 0.6 is 35.4 Å². The number of methoxy groups -OCH3 is 1. The number of carbonyl (C=O) groups excluding carboxylic acids is 1. The number of rotatable bonds is 5. The van der Waals surface area contributed by atoms with Crippen molar-refractivity contribution in [2.75, 3.05) is 50.1 Å². The van der Waals surface area contributed by atoms with Gasteiger partial charge in [0, 0.05) is 31.2 Å². The Hall–Kier alpha value is -2.26. The number of anilines is 2. The molecule has 1 fully saturated rings. The zero-order valence-electron chi connectivity index (χ0n) is 16.5. The quantitative estimate of drug-likeness (QED) is 0.460. The summed E-state index contributed by atoms with van der Waals surface area (Å²) in [6, 6.07) is 13.0. The maximum absolute atomic E-state index is 12.3. The van der Waals surface area contributed by atoms with Gasteiger partial charge in [-0.15, -0.1) is 0 Å². The Morgan fingerprint density at radius 1 is 1.10 bits per heavy atom. The number of nitrogens with one attached hydrogen (secondary N) is 3. The van der Waals surface area contributed by atoms with Crippen LogP contribution < -0.4 is 25.8 Å². The molecule has 0 aliphatic carbocycles. The number of para-hydroxylation sites is 2. The Morgan fingerprint density at radius 2 is 1.83 bits per heavy atom. The van der Waals surface area contributed by atoms with Crippen molar-refractivity contribution in [1.82, 2.24) is 15.8 Å². The van der Waals surface area contributed by atoms with Gasteiger partial charge in [0.1, 0.15) is 5.75 Å². The van der Waals surface area contributed by atoms with Crippen LogP contribution in [0, 0.1) is 0 Å². The van der Waals surface area contributed by atoms with Crippen LogP contribution in [0.25, 0.3) is 0 Å². The minimum Gasteiger partial charge on any atom is -0.495 e. The highest BCUT2D eigenvalue weighted by atomic mass is 35.5. The van der Waals surface area contributed by atoms with Crippen LogP contribution in [0.15, 0.2) is 42.5 Å². The summed E-state index contributed by atoms with van der Waals surface area (Å²) in [5.74, 6) is 0.682. The normalized spacial score (nSPS) is 14.2. The first-order chi connectivity index (χ1) is 14.5. The fraction of sp³-hybridized carbons (Fsp3) is 0.300. The molecule has 160 valence electrons. The van der Waals surface area contributed by atoms with Crippen molar-refractivity contribution in [3.05, 3.63) is 52.5 Å². The van der Waals surface area contributed by atoms with E-state index >= 15 is 0 Å². The third kappa shape index (κ3) is 6.12. The van der Waals surface area contributed by atoms with Gasteiger partial charge in [0.05, 0.1) is 30.1 Å². The number of ether oxygens (including phenoxy) is 1. The van der Waals surface area contributed by atoms with Gasteiger partial charge in [-0.3, -0.25) is 20.5 Å². The second kappa shape index (κ2) is 10.7. The number of piperazine rings is 1. The molecular weight excluding hydrogens is 445 g/mol. The van der Waals surface area contributed by atoms with Gasteiger partial charge in [0.2, 0.25) is 0 Å². The van der Waals surface area contributed by atoms with E-state index in [0.717, 1.165) is 37.6 Å². The predicted molar refractivity (Wildman–Crippen MR) is 126 cm³/mol. The minimum atomic E-state index is -0.174. The Labute approximate surface area is 191 Å². The number of hydrogen-bond donors (Lipinski definition) is 3. The molecule has 1 saturated heterocycles. The molecule has 0 radical (unpaired) electrons. The number of hydrogen-bond acceptors (Lipinski definition) is 5. The second-order valence-corrected chi connectivity index (χ2v) is 7.94. The average molecular weight is 468 g/mol. The lowest BCUT2D eigenvalue weighted by molar-refractivity contribution is -0.122. The van der Waals surface area contributed by atoms with E-state index in [1.165, 1.54) is 0 Å². The second-order valence-electron chi connectivity index (χ2n) is 6.69. The van der Waals surface area contributed by atoms with E-state index < -0.39 is 0 Å². The molecule has 0 atom stereocenters. The molecule has 10 heteroatoms. The van der Waals surface area contributed by atoms with Crippen LogP contribution in [0.2, 0.25) is 10.0 Å². The fourth-order valence-corrected chi connectivity index (χ4v) is 3.77. The maximum Gasteiger partial charge on any atom is 0.252 e. The lowest BCUT2D eigenvalue weighted by Crippen LogP contribution is -2.52. The van der Waals surface area contributed by atoms with E-state index in [4.69, 9.17) is 40.2 Å². The Morgan fingerprint density at radius 3 is 2.53 bits per heavy atom. The van der Waals surface area contributed by atoms with Crippen LogP contribution in [0.3, 0.4) is 0 Å². The molecule has 0 unspecified atom stereocenters. The predicted octanol–water partition coefficient (Wildman–Crippen LogP) is 3.14.